The van der Waals surface area contributed by atoms with Gasteiger partial charge in [-0.15, -0.1) is 0 Å². The summed E-state index contributed by atoms with van der Waals surface area (Å²) in [6, 6.07) is 15.0. The summed E-state index contributed by atoms with van der Waals surface area (Å²) in [6.07, 6.45) is 2.72. The number of nitrogens with one attached hydrogen (secondary N) is 2. The molecule has 1 fully saturated rings. The number of ether oxygens (including phenoxy) is 3. The van der Waals surface area contributed by atoms with Crippen LogP contribution < -0.4 is 20.1 Å². The molecule has 1 saturated heterocycles. The average molecular weight is 588 g/mol. The second-order valence-electron chi connectivity index (χ2n) is 10.8. The molecule has 1 amide bonds. The van der Waals surface area contributed by atoms with Gasteiger partial charge in [-0.3, -0.25) is 9.78 Å². The zero-order valence-corrected chi connectivity index (χ0v) is 24.3. The van der Waals surface area contributed by atoms with Crippen molar-refractivity contribution in [3.8, 4) is 17.2 Å². The molecule has 226 valence electrons. The molecular formula is C32H37N5O6. The molecule has 43 heavy (non-hydrogen) atoms. The van der Waals surface area contributed by atoms with Gasteiger partial charge in [-0.2, -0.15) is 0 Å². The Labute approximate surface area is 250 Å². The zero-order valence-electron chi connectivity index (χ0n) is 24.3. The maximum atomic E-state index is 12.2. The third kappa shape index (κ3) is 8.60. The highest BCUT2D eigenvalue weighted by Crippen LogP contribution is 2.31. The number of nitrogens with zero attached hydrogens (tertiary/aromatic N) is 3. The van der Waals surface area contributed by atoms with Gasteiger partial charge in [0.05, 0.1) is 30.3 Å². The van der Waals surface area contributed by atoms with Crippen molar-refractivity contribution in [2.24, 2.45) is 0 Å². The number of carbonyl (C=O) groups is 1. The number of rotatable bonds is 12. The molecule has 0 saturated carbocycles. The summed E-state index contributed by atoms with van der Waals surface area (Å²) in [6.45, 7) is 5.09. The van der Waals surface area contributed by atoms with Crippen LogP contribution in [0.15, 0.2) is 61.1 Å². The zero-order chi connectivity index (χ0) is 30.2. The molecule has 0 spiro atoms. The number of pyridine rings is 1. The van der Waals surface area contributed by atoms with Crippen LogP contribution >= 0.6 is 0 Å². The van der Waals surface area contributed by atoms with Gasteiger partial charge in [-0.05, 0) is 80.8 Å². The van der Waals surface area contributed by atoms with Crippen molar-refractivity contribution in [2.75, 3.05) is 25.1 Å². The van der Waals surface area contributed by atoms with Gasteiger partial charge in [0.15, 0.2) is 0 Å². The quantitative estimate of drug-likeness (QED) is 0.189. The Hall–Kier alpha value is -4.32. The van der Waals surface area contributed by atoms with Crippen molar-refractivity contribution >= 4 is 28.3 Å². The maximum absolute atomic E-state index is 12.2. The molecule has 2 aromatic heterocycles. The van der Waals surface area contributed by atoms with E-state index in [2.05, 4.69) is 25.6 Å². The number of carbonyl (C=O) groups excluding carboxylic acids is 1. The number of hydrogen-bond donors (Lipinski definition) is 4. The van der Waals surface area contributed by atoms with Gasteiger partial charge in [-0.25, -0.2) is 9.97 Å². The molecule has 0 radical (unpaired) electrons. The number of hydrogen-bond acceptors (Lipinski definition) is 10. The van der Waals surface area contributed by atoms with Crippen LogP contribution in [0.4, 0.5) is 11.5 Å². The standard InChI is InChI=1S/C32H37N5O6/c1-20-13-23(4-8-30(20)43-27-5-3-21(2)33-17-27)37-32-28-16-26(6-7-29(28)34-19-35-32)42-18-25(39)14-24(38)15-31(40)36-22-9-11-41-12-10-22/h3-8,13,16-17,19,22,24-25,38-39H,9-12,14-15,18H2,1-2H3,(H,36,40)(H,34,35,37). The van der Waals surface area contributed by atoms with E-state index in [1.807, 2.05) is 50.2 Å². The van der Waals surface area contributed by atoms with Gasteiger partial charge in [0.2, 0.25) is 5.91 Å². The highest BCUT2D eigenvalue weighted by Gasteiger charge is 2.20. The van der Waals surface area contributed by atoms with E-state index in [1.165, 1.54) is 6.33 Å². The van der Waals surface area contributed by atoms with E-state index in [9.17, 15) is 15.0 Å². The largest absolute Gasteiger partial charge is 0.491 e. The van der Waals surface area contributed by atoms with E-state index in [0.717, 1.165) is 46.4 Å². The van der Waals surface area contributed by atoms with Gasteiger partial charge in [-0.1, -0.05) is 0 Å². The summed E-state index contributed by atoms with van der Waals surface area (Å²) in [7, 11) is 0. The predicted octanol–water partition coefficient (Wildman–Crippen LogP) is 4.35. The van der Waals surface area contributed by atoms with Crippen molar-refractivity contribution < 1.29 is 29.2 Å². The molecule has 11 heteroatoms. The molecule has 4 N–H and O–H groups in total. The van der Waals surface area contributed by atoms with Crippen LogP contribution in [0.2, 0.25) is 0 Å². The molecule has 2 atom stereocenters. The molecule has 1 aliphatic rings. The number of aromatic nitrogens is 3. The van der Waals surface area contributed by atoms with Crippen LogP contribution in [0.5, 0.6) is 17.2 Å². The molecule has 1 aliphatic heterocycles. The normalized spacial score (nSPS) is 15.1. The fraction of sp³-hybridized carbons (Fsp3) is 0.375. The first kappa shape index (κ1) is 30.1. The number of aliphatic hydroxyl groups is 2. The second-order valence-corrected chi connectivity index (χ2v) is 10.8. The van der Waals surface area contributed by atoms with Crippen LogP contribution in [0.1, 0.15) is 36.9 Å². The Morgan fingerprint density at radius 1 is 1.00 bits per heavy atom. The molecular weight excluding hydrogens is 550 g/mol. The van der Waals surface area contributed by atoms with E-state index >= 15 is 0 Å². The topological polar surface area (TPSA) is 148 Å². The summed E-state index contributed by atoms with van der Waals surface area (Å²) in [4.78, 5) is 25.3. The van der Waals surface area contributed by atoms with Gasteiger partial charge in [0, 0.05) is 42.4 Å². The Morgan fingerprint density at radius 2 is 1.81 bits per heavy atom. The summed E-state index contributed by atoms with van der Waals surface area (Å²) < 4.78 is 17.1. The minimum Gasteiger partial charge on any atom is -0.491 e. The van der Waals surface area contributed by atoms with Crippen LogP contribution in [0.3, 0.4) is 0 Å². The van der Waals surface area contributed by atoms with Crippen LogP contribution in [0.25, 0.3) is 10.9 Å². The van der Waals surface area contributed by atoms with Crippen molar-refractivity contribution in [3.05, 3.63) is 72.3 Å². The Morgan fingerprint density at radius 3 is 2.58 bits per heavy atom. The van der Waals surface area contributed by atoms with Crippen LogP contribution in [-0.2, 0) is 9.53 Å². The van der Waals surface area contributed by atoms with E-state index in [1.54, 1.807) is 18.3 Å². The Bertz CT molecular complexity index is 1530. The van der Waals surface area contributed by atoms with Crippen molar-refractivity contribution in [3.63, 3.8) is 0 Å². The van der Waals surface area contributed by atoms with E-state index in [4.69, 9.17) is 14.2 Å². The molecule has 2 aromatic carbocycles. The molecule has 0 bridgehead atoms. The Balaban J connectivity index is 1.17. The minimum atomic E-state index is -0.979. The highest BCUT2D eigenvalue weighted by molar-refractivity contribution is 5.91. The molecule has 11 nitrogen and oxygen atoms in total. The molecule has 4 aromatic rings. The first-order valence-electron chi connectivity index (χ1n) is 14.4. The van der Waals surface area contributed by atoms with Gasteiger partial charge < -0.3 is 35.1 Å². The smallest absolute Gasteiger partial charge is 0.222 e. The monoisotopic (exact) mass is 587 g/mol. The molecule has 5 rings (SSSR count). The third-order valence-electron chi connectivity index (χ3n) is 7.15. The molecule has 3 heterocycles. The van der Waals surface area contributed by atoms with Crippen molar-refractivity contribution in [2.45, 2.75) is 57.8 Å². The van der Waals surface area contributed by atoms with E-state index < -0.39 is 12.2 Å². The Kier molecular flexibility index (Phi) is 9.98. The van der Waals surface area contributed by atoms with Crippen molar-refractivity contribution in [1.29, 1.82) is 0 Å². The highest BCUT2D eigenvalue weighted by atomic mass is 16.5. The van der Waals surface area contributed by atoms with Crippen molar-refractivity contribution in [1.82, 2.24) is 20.3 Å². The third-order valence-corrected chi connectivity index (χ3v) is 7.15. The lowest BCUT2D eigenvalue weighted by atomic mass is 10.1. The predicted molar refractivity (Wildman–Crippen MR) is 162 cm³/mol. The summed E-state index contributed by atoms with van der Waals surface area (Å²) in [5.41, 5.74) is 3.40. The van der Waals surface area contributed by atoms with Gasteiger partial charge >= 0.3 is 0 Å². The van der Waals surface area contributed by atoms with E-state index in [0.29, 0.717) is 30.5 Å². The lowest BCUT2D eigenvalue weighted by Gasteiger charge is -2.24. The average Bonchev–Trinajstić information content (AvgIpc) is 2.99. The molecule has 0 aliphatic carbocycles. The maximum Gasteiger partial charge on any atom is 0.222 e. The number of fused-ring (bicyclic) bond motifs is 1. The summed E-state index contributed by atoms with van der Waals surface area (Å²) in [5, 5.41) is 27.8. The summed E-state index contributed by atoms with van der Waals surface area (Å²) >= 11 is 0. The minimum absolute atomic E-state index is 0.0180. The van der Waals surface area contributed by atoms with Gasteiger partial charge in [0.1, 0.15) is 36.0 Å². The first-order chi connectivity index (χ1) is 20.8. The fourth-order valence-electron chi connectivity index (χ4n) is 4.85. The lowest BCUT2D eigenvalue weighted by Crippen LogP contribution is -2.40. The number of amides is 1. The lowest BCUT2D eigenvalue weighted by molar-refractivity contribution is -0.124. The second kappa shape index (κ2) is 14.2. The molecule has 2 unspecified atom stereocenters. The first-order valence-corrected chi connectivity index (χ1v) is 14.4. The van der Waals surface area contributed by atoms with E-state index in [-0.39, 0.29) is 31.4 Å². The van der Waals surface area contributed by atoms with Crippen LogP contribution in [0, 0.1) is 13.8 Å². The number of benzene rings is 2. The fourth-order valence-corrected chi connectivity index (χ4v) is 4.85. The number of anilines is 2. The van der Waals surface area contributed by atoms with Gasteiger partial charge in [0.25, 0.3) is 0 Å². The number of aryl methyl sites for hydroxylation is 2. The summed E-state index contributed by atoms with van der Waals surface area (Å²) in [5.74, 6) is 2.27. The SMILES string of the molecule is Cc1ccc(Oc2ccc(Nc3ncnc4ccc(OCC(O)CC(O)CC(=O)NC5CCOCC5)cc34)cc2C)cn1. The van der Waals surface area contributed by atoms with Crippen LogP contribution in [-0.4, -0.2) is 69.1 Å². The number of aliphatic hydroxyl groups excluding tert-OH is 2.